The molecule has 0 N–H and O–H groups in total. The molecule has 0 aromatic carbocycles. The van der Waals surface area contributed by atoms with E-state index in [-0.39, 0.29) is 0 Å². The van der Waals surface area contributed by atoms with Gasteiger partial charge in [-0.05, 0) is 13.8 Å². The van der Waals surface area contributed by atoms with Crippen LogP contribution in [-0.2, 0) is 0 Å². The summed E-state index contributed by atoms with van der Waals surface area (Å²) in [6.07, 6.45) is 0.958. The maximum Gasteiger partial charge on any atom is 0.150 e. The van der Waals surface area contributed by atoms with Crippen molar-refractivity contribution in [3.05, 3.63) is 11.1 Å². The average Bonchev–Trinajstić information content (AvgIpc) is 2.45. The highest BCUT2D eigenvalue weighted by molar-refractivity contribution is 8.01. The van der Waals surface area contributed by atoms with Crippen molar-refractivity contribution in [2.45, 2.75) is 24.6 Å². The minimum Gasteiger partial charge on any atom is -0.235 e. The van der Waals surface area contributed by atoms with Gasteiger partial charge in [-0.2, -0.15) is 0 Å². The van der Waals surface area contributed by atoms with Gasteiger partial charge in [0.25, 0.3) is 0 Å². The minimum atomic E-state index is 0.958. The maximum atomic E-state index is 4.34. The van der Waals surface area contributed by atoms with Crippen LogP contribution in [0, 0.1) is 18.8 Å². The van der Waals surface area contributed by atoms with Gasteiger partial charge in [-0.25, -0.2) is 4.98 Å². The normalized spacial score (nSPS) is 9.17. The van der Waals surface area contributed by atoms with Gasteiger partial charge in [0.15, 0.2) is 0 Å². The fourth-order valence-electron chi connectivity index (χ4n) is 0.713. The molecule has 1 rings (SSSR count). The van der Waals surface area contributed by atoms with Crippen LogP contribution in [0.15, 0.2) is 9.72 Å². The zero-order chi connectivity index (χ0) is 8.81. The van der Waals surface area contributed by atoms with E-state index in [1.807, 2.05) is 13.8 Å². The molecule has 12 heavy (non-hydrogen) atoms. The van der Waals surface area contributed by atoms with Gasteiger partial charge in [-0.1, -0.05) is 11.8 Å². The molecule has 3 heteroatoms. The van der Waals surface area contributed by atoms with Crippen LogP contribution < -0.4 is 0 Å². The lowest BCUT2D eigenvalue weighted by atomic mass is 10.5. The van der Waals surface area contributed by atoms with E-state index in [2.05, 4.69) is 22.2 Å². The zero-order valence-electron chi connectivity index (χ0n) is 7.26. The summed E-state index contributed by atoms with van der Waals surface area (Å²) in [4.78, 5) is 4.34. The Labute approximate surface area is 81.6 Å². The van der Waals surface area contributed by atoms with E-state index in [1.54, 1.807) is 23.1 Å². The first-order chi connectivity index (χ1) is 5.83. The molecule has 0 amide bonds. The summed E-state index contributed by atoms with van der Waals surface area (Å²) < 4.78 is 1.16. The van der Waals surface area contributed by atoms with Gasteiger partial charge < -0.3 is 0 Å². The summed E-state index contributed by atoms with van der Waals surface area (Å²) in [5, 5.41) is 2.08. The van der Waals surface area contributed by atoms with Gasteiger partial charge >= 0.3 is 0 Å². The van der Waals surface area contributed by atoms with Crippen molar-refractivity contribution in [3.63, 3.8) is 0 Å². The van der Waals surface area contributed by atoms with Crippen molar-refractivity contribution in [2.75, 3.05) is 5.75 Å². The van der Waals surface area contributed by atoms with Gasteiger partial charge in [0, 0.05) is 23.2 Å². The van der Waals surface area contributed by atoms with Crippen molar-refractivity contribution >= 4 is 23.1 Å². The molecule has 0 aliphatic heterocycles. The summed E-state index contributed by atoms with van der Waals surface area (Å²) >= 11 is 3.50. The van der Waals surface area contributed by atoms with E-state index >= 15 is 0 Å². The van der Waals surface area contributed by atoms with Crippen LogP contribution in [0.25, 0.3) is 0 Å². The molecular weight excluding hydrogens is 186 g/mol. The van der Waals surface area contributed by atoms with E-state index in [1.165, 1.54) is 0 Å². The molecule has 0 spiro atoms. The summed E-state index contributed by atoms with van der Waals surface area (Å²) in [7, 11) is 0. The molecule has 0 bridgehead atoms. The zero-order valence-corrected chi connectivity index (χ0v) is 8.89. The molecule has 0 aliphatic rings. The third-order valence-electron chi connectivity index (χ3n) is 1.23. The van der Waals surface area contributed by atoms with Gasteiger partial charge in [-0.15, -0.1) is 23.2 Å². The molecule has 0 saturated heterocycles. The molecule has 0 aliphatic carbocycles. The summed E-state index contributed by atoms with van der Waals surface area (Å²) in [5.74, 6) is 6.96. The molecule has 0 atom stereocenters. The Bertz CT molecular complexity index is 293. The summed E-state index contributed by atoms with van der Waals surface area (Å²) in [6, 6.07) is 0. The third kappa shape index (κ3) is 3.29. The van der Waals surface area contributed by atoms with E-state index in [9.17, 15) is 0 Å². The molecule has 1 heterocycles. The Balaban J connectivity index is 2.27. The van der Waals surface area contributed by atoms with Crippen molar-refractivity contribution in [2.24, 2.45) is 0 Å². The van der Waals surface area contributed by atoms with Crippen LogP contribution >= 0.6 is 23.1 Å². The lowest BCUT2D eigenvalue weighted by molar-refractivity contribution is 1.15. The Kier molecular flexibility index (Phi) is 4.20. The second kappa shape index (κ2) is 5.23. The second-order valence-corrected chi connectivity index (χ2v) is 4.48. The van der Waals surface area contributed by atoms with Crippen molar-refractivity contribution in [1.82, 2.24) is 4.98 Å². The Hall–Kier alpha value is -0.460. The topological polar surface area (TPSA) is 12.9 Å². The quantitative estimate of drug-likeness (QED) is 0.420. The lowest BCUT2D eigenvalue weighted by Crippen LogP contribution is -1.76. The number of hydrogen-bond donors (Lipinski definition) is 0. The van der Waals surface area contributed by atoms with E-state index < -0.39 is 0 Å². The summed E-state index contributed by atoms with van der Waals surface area (Å²) in [5.41, 5.74) is 1.11. The molecule has 0 saturated carbocycles. The molecular formula is C9H11NS2. The van der Waals surface area contributed by atoms with Crippen molar-refractivity contribution < 1.29 is 0 Å². The molecule has 0 unspecified atom stereocenters. The molecule has 1 aromatic rings. The average molecular weight is 197 g/mol. The monoisotopic (exact) mass is 197 g/mol. The van der Waals surface area contributed by atoms with Gasteiger partial charge in [-0.3, -0.25) is 0 Å². The predicted octanol–water partition coefficient (Wildman–Crippen LogP) is 2.96. The highest BCUT2D eigenvalue weighted by Gasteiger charge is 1.96. The number of rotatable bonds is 3. The predicted molar refractivity (Wildman–Crippen MR) is 55.6 cm³/mol. The number of thiazole rings is 1. The molecule has 0 radical (unpaired) electrons. The fraction of sp³-hybridized carbons (Fsp3) is 0.444. The fourth-order valence-corrected chi connectivity index (χ4v) is 2.49. The number of thioether (sulfide) groups is 1. The van der Waals surface area contributed by atoms with Crippen LogP contribution in [0.3, 0.4) is 0 Å². The maximum absolute atomic E-state index is 4.34. The Morgan fingerprint density at radius 1 is 1.67 bits per heavy atom. The molecule has 1 nitrogen and oxygen atoms in total. The lowest BCUT2D eigenvalue weighted by Gasteiger charge is -1.89. The van der Waals surface area contributed by atoms with Crippen LogP contribution in [0.4, 0.5) is 0 Å². The highest BCUT2D eigenvalue weighted by atomic mass is 32.2. The van der Waals surface area contributed by atoms with Crippen LogP contribution in [-0.4, -0.2) is 10.7 Å². The third-order valence-corrected chi connectivity index (χ3v) is 3.37. The number of nitrogens with zero attached hydrogens (tertiary/aromatic N) is 1. The number of hydrogen-bond acceptors (Lipinski definition) is 3. The number of aromatic nitrogens is 1. The molecule has 0 fully saturated rings. The van der Waals surface area contributed by atoms with Gasteiger partial charge in [0.1, 0.15) is 4.34 Å². The second-order valence-electron chi connectivity index (χ2n) is 2.28. The molecule has 64 valence electrons. The smallest absolute Gasteiger partial charge is 0.150 e. The van der Waals surface area contributed by atoms with E-state index in [0.717, 1.165) is 22.2 Å². The Morgan fingerprint density at radius 2 is 2.50 bits per heavy atom. The SMILES string of the molecule is CC#CCCSc1nc(C)cs1. The van der Waals surface area contributed by atoms with Crippen LogP contribution in [0.1, 0.15) is 19.0 Å². The molecule has 1 aromatic heterocycles. The van der Waals surface area contributed by atoms with Crippen molar-refractivity contribution in [3.8, 4) is 11.8 Å². The first-order valence-electron chi connectivity index (χ1n) is 3.77. The van der Waals surface area contributed by atoms with Gasteiger partial charge in [0.2, 0.25) is 0 Å². The first-order valence-corrected chi connectivity index (χ1v) is 5.64. The van der Waals surface area contributed by atoms with E-state index in [4.69, 9.17) is 0 Å². The van der Waals surface area contributed by atoms with Crippen LogP contribution in [0.5, 0.6) is 0 Å². The van der Waals surface area contributed by atoms with Gasteiger partial charge in [0.05, 0.1) is 0 Å². The largest absolute Gasteiger partial charge is 0.235 e. The minimum absolute atomic E-state index is 0.958. The van der Waals surface area contributed by atoms with Crippen molar-refractivity contribution in [1.29, 1.82) is 0 Å². The first kappa shape index (κ1) is 9.63. The standard InChI is InChI=1S/C9H11NS2/c1-3-4-5-6-11-9-10-8(2)7-12-9/h7H,5-6H2,1-2H3. The van der Waals surface area contributed by atoms with E-state index in [0.29, 0.717) is 0 Å². The van der Waals surface area contributed by atoms with Crippen LogP contribution in [0.2, 0.25) is 0 Å². The number of aryl methyl sites for hydroxylation is 1. The summed E-state index contributed by atoms with van der Waals surface area (Å²) in [6.45, 7) is 3.89. The highest BCUT2D eigenvalue weighted by Crippen LogP contribution is 2.22. The Morgan fingerprint density at radius 3 is 3.08 bits per heavy atom.